The summed E-state index contributed by atoms with van der Waals surface area (Å²) >= 11 is 0. The molecule has 0 saturated heterocycles. The zero-order valence-electron chi connectivity index (χ0n) is 16.2. The van der Waals surface area contributed by atoms with Crippen LogP contribution in [-0.2, 0) is 19.3 Å². The standard InChI is InChI=1S/C22H20F2N4O/c1-3-20-16(5-4-10-25-20)17-8-6-15(28-13-26-27-22(17)28)7-9-18-19(24)11-14(23)12-21(18)29-2/h4-6,8,10-13H,3,7,9H2,1-2H3. The Morgan fingerprint density at radius 1 is 1.07 bits per heavy atom. The molecule has 0 saturated carbocycles. The summed E-state index contributed by atoms with van der Waals surface area (Å²) in [6, 6.07) is 9.97. The second-order valence-corrected chi connectivity index (χ2v) is 6.68. The van der Waals surface area contributed by atoms with Crippen LogP contribution in [0.2, 0.25) is 0 Å². The predicted octanol–water partition coefficient (Wildman–Crippen LogP) is 4.43. The normalized spacial score (nSPS) is 11.2. The van der Waals surface area contributed by atoms with Crippen LogP contribution in [0, 0.1) is 11.6 Å². The largest absolute Gasteiger partial charge is 0.496 e. The molecular formula is C22H20F2N4O. The van der Waals surface area contributed by atoms with Gasteiger partial charge in [0.05, 0.1) is 7.11 Å². The summed E-state index contributed by atoms with van der Waals surface area (Å²) in [7, 11) is 1.41. The highest BCUT2D eigenvalue weighted by Gasteiger charge is 2.16. The first-order chi connectivity index (χ1) is 14.1. The Labute approximate surface area is 167 Å². The second-order valence-electron chi connectivity index (χ2n) is 6.68. The van der Waals surface area contributed by atoms with E-state index in [1.807, 2.05) is 28.7 Å². The van der Waals surface area contributed by atoms with E-state index < -0.39 is 11.6 Å². The fraction of sp³-hybridized carbons (Fsp3) is 0.227. The minimum Gasteiger partial charge on any atom is -0.496 e. The molecule has 5 nitrogen and oxygen atoms in total. The van der Waals surface area contributed by atoms with Gasteiger partial charge in [-0.1, -0.05) is 13.0 Å². The van der Waals surface area contributed by atoms with E-state index in [0.717, 1.165) is 40.6 Å². The van der Waals surface area contributed by atoms with E-state index in [9.17, 15) is 8.78 Å². The van der Waals surface area contributed by atoms with Gasteiger partial charge in [0, 0.05) is 46.4 Å². The lowest BCUT2D eigenvalue weighted by atomic mass is 10.0. The van der Waals surface area contributed by atoms with Gasteiger partial charge in [0.1, 0.15) is 23.7 Å². The van der Waals surface area contributed by atoms with Gasteiger partial charge in [0.15, 0.2) is 5.65 Å². The molecule has 0 unspecified atom stereocenters. The number of aryl methyl sites for hydroxylation is 2. The summed E-state index contributed by atoms with van der Waals surface area (Å²) < 4.78 is 34.8. The molecule has 0 aliphatic rings. The third-order valence-electron chi connectivity index (χ3n) is 5.03. The number of aromatic nitrogens is 4. The van der Waals surface area contributed by atoms with Gasteiger partial charge in [-0.05, 0) is 37.5 Å². The molecular weight excluding hydrogens is 374 g/mol. The molecule has 0 amide bonds. The fourth-order valence-electron chi connectivity index (χ4n) is 3.60. The Hall–Kier alpha value is -3.35. The summed E-state index contributed by atoms with van der Waals surface area (Å²) in [4.78, 5) is 4.46. The van der Waals surface area contributed by atoms with Crippen LogP contribution >= 0.6 is 0 Å². The van der Waals surface area contributed by atoms with Crippen molar-refractivity contribution < 1.29 is 13.5 Å². The lowest BCUT2D eigenvalue weighted by molar-refractivity contribution is 0.399. The van der Waals surface area contributed by atoms with Crippen molar-refractivity contribution in [2.24, 2.45) is 0 Å². The number of fused-ring (bicyclic) bond motifs is 1. The van der Waals surface area contributed by atoms with Crippen molar-refractivity contribution in [1.82, 2.24) is 19.6 Å². The first-order valence-corrected chi connectivity index (χ1v) is 9.40. The topological polar surface area (TPSA) is 52.3 Å². The highest BCUT2D eigenvalue weighted by atomic mass is 19.1. The molecule has 1 aromatic carbocycles. The molecule has 0 spiro atoms. The Kier molecular flexibility index (Phi) is 5.20. The number of pyridine rings is 2. The van der Waals surface area contributed by atoms with Crippen LogP contribution in [0.25, 0.3) is 16.8 Å². The van der Waals surface area contributed by atoms with E-state index in [-0.39, 0.29) is 5.75 Å². The Morgan fingerprint density at radius 3 is 2.72 bits per heavy atom. The molecule has 7 heteroatoms. The van der Waals surface area contributed by atoms with Crippen LogP contribution in [0.4, 0.5) is 8.78 Å². The Bertz CT molecular complexity index is 1170. The molecule has 148 valence electrons. The van der Waals surface area contributed by atoms with Crippen LogP contribution in [0.5, 0.6) is 5.75 Å². The Morgan fingerprint density at radius 2 is 1.93 bits per heavy atom. The minimum absolute atomic E-state index is 0.210. The van der Waals surface area contributed by atoms with E-state index >= 15 is 0 Å². The summed E-state index contributed by atoms with van der Waals surface area (Å²) in [6.45, 7) is 2.06. The fourth-order valence-corrected chi connectivity index (χ4v) is 3.60. The van der Waals surface area contributed by atoms with E-state index in [1.54, 1.807) is 12.5 Å². The molecule has 3 heterocycles. The van der Waals surface area contributed by atoms with Gasteiger partial charge in [-0.2, -0.15) is 0 Å². The molecule has 0 aliphatic carbocycles. The summed E-state index contributed by atoms with van der Waals surface area (Å²) in [5, 5.41) is 8.35. The van der Waals surface area contributed by atoms with Crippen molar-refractivity contribution in [3.05, 3.63) is 77.5 Å². The van der Waals surface area contributed by atoms with E-state index in [2.05, 4.69) is 22.1 Å². The minimum atomic E-state index is -0.656. The number of benzene rings is 1. The van der Waals surface area contributed by atoms with Crippen LogP contribution in [0.15, 0.2) is 48.9 Å². The van der Waals surface area contributed by atoms with Gasteiger partial charge in [-0.3, -0.25) is 9.38 Å². The van der Waals surface area contributed by atoms with Crippen molar-refractivity contribution in [2.45, 2.75) is 26.2 Å². The van der Waals surface area contributed by atoms with Gasteiger partial charge in [0.25, 0.3) is 0 Å². The van der Waals surface area contributed by atoms with Crippen molar-refractivity contribution in [3.8, 4) is 16.9 Å². The van der Waals surface area contributed by atoms with Crippen LogP contribution in [0.3, 0.4) is 0 Å². The average molecular weight is 394 g/mol. The molecule has 0 aliphatic heterocycles. The molecule has 0 bridgehead atoms. The summed E-state index contributed by atoms with van der Waals surface area (Å²) in [5.41, 5.74) is 4.94. The van der Waals surface area contributed by atoms with Gasteiger partial charge in [-0.15, -0.1) is 10.2 Å². The van der Waals surface area contributed by atoms with Gasteiger partial charge >= 0.3 is 0 Å². The lowest BCUT2D eigenvalue weighted by Gasteiger charge is -2.13. The second kappa shape index (κ2) is 7.95. The predicted molar refractivity (Wildman–Crippen MR) is 106 cm³/mol. The number of halogens is 2. The number of methoxy groups -OCH3 is 1. The molecule has 4 rings (SSSR count). The quantitative estimate of drug-likeness (QED) is 0.486. The maximum absolute atomic E-state index is 14.3. The molecule has 29 heavy (non-hydrogen) atoms. The van der Waals surface area contributed by atoms with Crippen molar-refractivity contribution >= 4 is 5.65 Å². The van der Waals surface area contributed by atoms with Crippen molar-refractivity contribution in [1.29, 1.82) is 0 Å². The zero-order chi connectivity index (χ0) is 20.4. The number of hydrogen-bond acceptors (Lipinski definition) is 4. The van der Waals surface area contributed by atoms with Crippen molar-refractivity contribution in [3.63, 3.8) is 0 Å². The van der Waals surface area contributed by atoms with Crippen LogP contribution < -0.4 is 4.74 Å². The van der Waals surface area contributed by atoms with Crippen LogP contribution in [-0.4, -0.2) is 26.7 Å². The molecule has 4 aromatic rings. The highest BCUT2D eigenvalue weighted by molar-refractivity contribution is 5.78. The smallest absolute Gasteiger partial charge is 0.168 e. The first-order valence-electron chi connectivity index (χ1n) is 9.40. The number of hydrogen-bond donors (Lipinski definition) is 0. The zero-order valence-corrected chi connectivity index (χ0v) is 16.2. The van der Waals surface area contributed by atoms with E-state index in [0.29, 0.717) is 18.4 Å². The van der Waals surface area contributed by atoms with Gasteiger partial charge < -0.3 is 4.74 Å². The van der Waals surface area contributed by atoms with E-state index in [4.69, 9.17) is 4.74 Å². The SMILES string of the molecule is CCc1ncccc1-c1ccc(CCc2c(F)cc(F)cc2OC)n2cnnc12. The number of nitrogens with zero attached hydrogens (tertiary/aromatic N) is 4. The third-order valence-corrected chi connectivity index (χ3v) is 5.03. The lowest BCUT2D eigenvalue weighted by Crippen LogP contribution is -2.04. The Balaban J connectivity index is 1.70. The summed E-state index contributed by atoms with van der Waals surface area (Å²) in [5.74, 6) is -1.06. The maximum Gasteiger partial charge on any atom is 0.168 e. The molecule has 0 radical (unpaired) electrons. The number of rotatable bonds is 6. The van der Waals surface area contributed by atoms with Crippen molar-refractivity contribution in [2.75, 3.05) is 7.11 Å². The average Bonchev–Trinajstić information content (AvgIpc) is 3.22. The maximum atomic E-state index is 14.3. The molecule has 0 N–H and O–H groups in total. The first kappa shape index (κ1) is 19.0. The molecule has 3 aromatic heterocycles. The third kappa shape index (κ3) is 3.55. The molecule has 0 fully saturated rings. The van der Waals surface area contributed by atoms with Crippen LogP contribution in [0.1, 0.15) is 23.9 Å². The van der Waals surface area contributed by atoms with Gasteiger partial charge in [-0.25, -0.2) is 8.78 Å². The van der Waals surface area contributed by atoms with Gasteiger partial charge in [0.2, 0.25) is 0 Å². The summed E-state index contributed by atoms with van der Waals surface area (Å²) in [6.07, 6.45) is 5.11. The number of ether oxygens (including phenoxy) is 1. The van der Waals surface area contributed by atoms with E-state index in [1.165, 1.54) is 13.2 Å². The molecule has 0 atom stereocenters. The highest BCUT2D eigenvalue weighted by Crippen LogP contribution is 2.29. The monoisotopic (exact) mass is 394 g/mol.